The Kier molecular flexibility index (Phi) is 2.52. The number of carbonyl (C=O) groups is 1. The average Bonchev–Trinajstić information content (AvgIpc) is 2.61. The second-order valence-electron chi connectivity index (χ2n) is 3.71. The van der Waals surface area contributed by atoms with Gasteiger partial charge in [0.05, 0.1) is 5.39 Å². The third-order valence-corrected chi connectivity index (χ3v) is 2.41. The van der Waals surface area contributed by atoms with Crippen molar-refractivity contribution in [1.29, 1.82) is 0 Å². The van der Waals surface area contributed by atoms with Crippen molar-refractivity contribution >= 4 is 22.8 Å². The molecule has 0 aliphatic heterocycles. The number of aliphatic carboxylic acids is 1. The van der Waals surface area contributed by atoms with Crippen molar-refractivity contribution in [3.05, 3.63) is 23.8 Å². The molecule has 16 heavy (non-hydrogen) atoms. The minimum Gasteiger partial charge on any atom is -0.480 e. The molecule has 0 aliphatic carbocycles. The number of rotatable bonds is 3. The maximum absolute atomic E-state index is 10.6. The molecule has 5 nitrogen and oxygen atoms in total. The number of fused-ring (bicyclic) bond motifs is 1. The molecule has 0 fully saturated rings. The number of benzene rings is 1. The van der Waals surface area contributed by atoms with Gasteiger partial charge in [0.1, 0.15) is 6.54 Å². The van der Waals surface area contributed by atoms with E-state index in [9.17, 15) is 4.79 Å². The smallest absolute Gasteiger partial charge is 0.323 e. The van der Waals surface area contributed by atoms with E-state index >= 15 is 0 Å². The third-order valence-electron chi connectivity index (χ3n) is 2.41. The Morgan fingerprint density at radius 2 is 2.31 bits per heavy atom. The lowest BCUT2D eigenvalue weighted by molar-refractivity contribution is -0.135. The fourth-order valence-corrected chi connectivity index (χ4v) is 1.64. The van der Waals surface area contributed by atoms with Crippen LogP contribution in [0.15, 0.2) is 22.7 Å². The molecule has 1 aromatic carbocycles. The van der Waals surface area contributed by atoms with Crippen LogP contribution in [0, 0.1) is 6.92 Å². The molecule has 5 heteroatoms. The Morgan fingerprint density at radius 1 is 1.56 bits per heavy atom. The van der Waals surface area contributed by atoms with Crippen LogP contribution >= 0.6 is 0 Å². The first kappa shape index (κ1) is 10.5. The molecule has 0 aliphatic rings. The highest BCUT2D eigenvalue weighted by atomic mass is 16.5. The fraction of sp³-hybridized carbons (Fsp3) is 0.273. The van der Waals surface area contributed by atoms with Gasteiger partial charge in [0, 0.05) is 7.05 Å². The van der Waals surface area contributed by atoms with Crippen LogP contribution < -0.4 is 4.90 Å². The summed E-state index contributed by atoms with van der Waals surface area (Å²) in [6.45, 7) is 1.82. The van der Waals surface area contributed by atoms with E-state index in [-0.39, 0.29) is 6.54 Å². The van der Waals surface area contributed by atoms with E-state index < -0.39 is 5.97 Å². The molecule has 1 heterocycles. The van der Waals surface area contributed by atoms with E-state index in [4.69, 9.17) is 9.63 Å². The maximum Gasteiger partial charge on any atom is 0.323 e. The van der Waals surface area contributed by atoms with Gasteiger partial charge in [0.25, 0.3) is 0 Å². The van der Waals surface area contributed by atoms with Crippen LogP contribution in [0.1, 0.15) is 5.56 Å². The molecule has 0 atom stereocenters. The second-order valence-corrected chi connectivity index (χ2v) is 3.71. The monoisotopic (exact) mass is 220 g/mol. The van der Waals surface area contributed by atoms with Gasteiger partial charge in [-0.15, -0.1) is 0 Å². The molecule has 0 spiro atoms. The van der Waals surface area contributed by atoms with Crippen molar-refractivity contribution in [3.8, 4) is 0 Å². The zero-order chi connectivity index (χ0) is 11.7. The van der Waals surface area contributed by atoms with Crippen LogP contribution in [0.25, 0.3) is 11.0 Å². The zero-order valence-electron chi connectivity index (χ0n) is 9.10. The highest BCUT2D eigenvalue weighted by molar-refractivity contribution is 5.91. The summed E-state index contributed by atoms with van der Waals surface area (Å²) in [7, 11) is 1.67. The SMILES string of the molecule is Cc1cccc2c(N(C)CC(=O)O)noc12. The van der Waals surface area contributed by atoms with E-state index in [1.54, 1.807) is 11.9 Å². The molecule has 84 valence electrons. The standard InChI is InChI=1S/C11H12N2O3/c1-7-4-3-5-8-10(7)16-12-11(8)13(2)6-9(14)15/h3-5H,6H2,1-2H3,(H,14,15). The summed E-state index contributed by atoms with van der Waals surface area (Å²) in [6.07, 6.45) is 0. The van der Waals surface area contributed by atoms with Gasteiger partial charge >= 0.3 is 5.97 Å². The van der Waals surface area contributed by atoms with Crippen LogP contribution in [0.2, 0.25) is 0 Å². The number of nitrogens with zero attached hydrogens (tertiary/aromatic N) is 2. The number of carboxylic acids is 1. The van der Waals surface area contributed by atoms with Crippen LogP contribution in [0.4, 0.5) is 5.82 Å². The van der Waals surface area contributed by atoms with Gasteiger partial charge < -0.3 is 14.5 Å². The maximum atomic E-state index is 10.6. The molecule has 1 aromatic heterocycles. The number of aryl methyl sites for hydroxylation is 1. The third kappa shape index (κ3) is 1.71. The summed E-state index contributed by atoms with van der Waals surface area (Å²) in [4.78, 5) is 12.2. The number of hydrogen-bond acceptors (Lipinski definition) is 4. The van der Waals surface area contributed by atoms with E-state index in [1.165, 1.54) is 0 Å². The first-order valence-electron chi connectivity index (χ1n) is 4.87. The Hall–Kier alpha value is -2.04. The van der Waals surface area contributed by atoms with Crippen molar-refractivity contribution in [2.75, 3.05) is 18.5 Å². The van der Waals surface area contributed by atoms with Crippen molar-refractivity contribution in [1.82, 2.24) is 5.16 Å². The lowest BCUT2D eigenvalue weighted by Crippen LogP contribution is -2.25. The quantitative estimate of drug-likeness (QED) is 0.852. The molecule has 0 unspecified atom stereocenters. The predicted molar refractivity (Wildman–Crippen MR) is 59.7 cm³/mol. The van der Waals surface area contributed by atoms with Gasteiger partial charge in [-0.25, -0.2) is 0 Å². The highest BCUT2D eigenvalue weighted by Crippen LogP contribution is 2.27. The first-order valence-corrected chi connectivity index (χ1v) is 4.87. The second kappa shape index (κ2) is 3.84. The largest absolute Gasteiger partial charge is 0.480 e. The first-order chi connectivity index (χ1) is 7.59. The number of aromatic nitrogens is 1. The molecular formula is C11H12N2O3. The molecule has 2 rings (SSSR count). The lowest BCUT2D eigenvalue weighted by atomic mass is 10.2. The van der Waals surface area contributed by atoms with Crippen LogP contribution in [0.5, 0.6) is 0 Å². The molecule has 0 saturated carbocycles. The molecule has 0 bridgehead atoms. The number of anilines is 1. The number of hydrogen-bond donors (Lipinski definition) is 1. The molecule has 2 aromatic rings. The minimum absolute atomic E-state index is 0.102. The van der Waals surface area contributed by atoms with E-state index in [0.29, 0.717) is 11.4 Å². The van der Waals surface area contributed by atoms with E-state index in [2.05, 4.69) is 5.16 Å². The zero-order valence-corrected chi connectivity index (χ0v) is 9.10. The molecule has 0 saturated heterocycles. The highest BCUT2D eigenvalue weighted by Gasteiger charge is 2.15. The normalized spacial score (nSPS) is 10.6. The van der Waals surface area contributed by atoms with Gasteiger partial charge in [-0.05, 0) is 18.6 Å². The Bertz CT molecular complexity index is 533. The summed E-state index contributed by atoms with van der Waals surface area (Å²) in [6, 6.07) is 5.69. The van der Waals surface area contributed by atoms with Crippen molar-refractivity contribution < 1.29 is 14.4 Å². The summed E-state index contributed by atoms with van der Waals surface area (Å²) < 4.78 is 5.20. The predicted octanol–water partition coefficient (Wildman–Crippen LogP) is 1.66. The van der Waals surface area contributed by atoms with Crippen molar-refractivity contribution in [2.24, 2.45) is 0 Å². The van der Waals surface area contributed by atoms with Gasteiger partial charge in [-0.2, -0.15) is 0 Å². The molecule has 0 amide bonds. The van der Waals surface area contributed by atoms with E-state index in [1.807, 2.05) is 25.1 Å². The van der Waals surface area contributed by atoms with Gasteiger partial charge in [-0.1, -0.05) is 17.3 Å². The summed E-state index contributed by atoms with van der Waals surface area (Å²) in [5.74, 6) is -0.340. The number of likely N-dealkylation sites (N-methyl/N-ethyl adjacent to an activating group) is 1. The average molecular weight is 220 g/mol. The summed E-state index contributed by atoms with van der Waals surface area (Å²) in [5, 5.41) is 13.4. The number of para-hydroxylation sites is 1. The van der Waals surface area contributed by atoms with Gasteiger partial charge in [-0.3, -0.25) is 4.79 Å². The minimum atomic E-state index is -0.897. The molecule has 0 radical (unpaired) electrons. The van der Waals surface area contributed by atoms with Crippen molar-refractivity contribution in [3.63, 3.8) is 0 Å². The molecule has 1 N–H and O–H groups in total. The van der Waals surface area contributed by atoms with Crippen molar-refractivity contribution in [2.45, 2.75) is 6.92 Å². The van der Waals surface area contributed by atoms with Crippen LogP contribution in [-0.2, 0) is 4.79 Å². The number of carboxylic acid groups (broad SMARTS) is 1. The lowest BCUT2D eigenvalue weighted by Gasteiger charge is -2.12. The van der Waals surface area contributed by atoms with Gasteiger partial charge in [0.15, 0.2) is 11.4 Å². The summed E-state index contributed by atoms with van der Waals surface area (Å²) >= 11 is 0. The van der Waals surface area contributed by atoms with Gasteiger partial charge in [0.2, 0.25) is 0 Å². The Balaban J connectivity index is 2.46. The van der Waals surface area contributed by atoms with E-state index in [0.717, 1.165) is 10.9 Å². The Labute approximate surface area is 92.3 Å². The fourth-order valence-electron chi connectivity index (χ4n) is 1.64. The molecular weight excluding hydrogens is 208 g/mol. The van der Waals surface area contributed by atoms with Crippen LogP contribution in [-0.4, -0.2) is 29.8 Å². The summed E-state index contributed by atoms with van der Waals surface area (Å²) in [5.41, 5.74) is 1.69. The van der Waals surface area contributed by atoms with Crippen LogP contribution in [0.3, 0.4) is 0 Å². The Morgan fingerprint density at radius 3 is 3.00 bits per heavy atom. The topological polar surface area (TPSA) is 66.6 Å².